The number of halogens is 1. The lowest BCUT2D eigenvalue weighted by Crippen LogP contribution is -2.30. The van der Waals surface area contributed by atoms with E-state index in [9.17, 15) is 14.4 Å². The van der Waals surface area contributed by atoms with Crippen LogP contribution in [0.2, 0.25) is 0 Å². The average molecular weight is 545 g/mol. The number of anilines is 2. The minimum absolute atomic E-state index is 0.252. The Morgan fingerprint density at radius 2 is 1.65 bits per heavy atom. The van der Waals surface area contributed by atoms with Crippen LogP contribution in [-0.2, 0) is 9.53 Å². The van der Waals surface area contributed by atoms with Crippen molar-refractivity contribution in [3.63, 3.8) is 0 Å². The molecule has 2 aromatic carbocycles. The van der Waals surface area contributed by atoms with Crippen molar-refractivity contribution < 1.29 is 23.9 Å². The molecule has 3 rings (SSSR count). The van der Waals surface area contributed by atoms with Gasteiger partial charge in [-0.15, -0.1) is 11.3 Å². The molecule has 0 saturated carbocycles. The molecular weight excluding hydrogens is 520 g/mol. The van der Waals surface area contributed by atoms with E-state index in [-0.39, 0.29) is 18.4 Å². The number of benzene rings is 2. The van der Waals surface area contributed by atoms with E-state index in [2.05, 4.69) is 26.6 Å². The van der Waals surface area contributed by atoms with E-state index >= 15 is 0 Å². The van der Waals surface area contributed by atoms with E-state index in [0.29, 0.717) is 27.6 Å². The number of hydrogen-bond donors (Lipinski definition) is 2. The topological polar surface area (TPSA) is 93.7 Å². The first-order chi connectivity index (χ1) is 16.2. The molecule has 9 heteroatoms. The number of aryl methyl sites for hydroxylation is 1. The van der Waals surface area contributed by atoms with Crippen LogP contribution in [0, 0.1) is 13.8 Å². The molecule has 2 amide bonds. The van der Waals surface area contributed by atoms with Crippen molar-refractivity contribution in [1.82, 2.24) is 0 Å². The van der Waals surface area contributed by atoms with Gasteiger partial charge >= 0.3 is 5.97 Å². The fraction of sp³-hybridized carbons (Fsp3) is 0.240. The number of carbonyl (C=O) groups is 3. The van der Waals surface area contributed by atoms with E-state index in [4.69, 9.17) is 9.47 Å². The number of rotatable bonds is 8. The van der Waals surface area contributed by atoms with Gasteiger partial charge in [-0.2, -0.15) is 0 Å². The zero-order valence-corrected chi connectivity index (χ0v) is 21.6. The lowest BCUT2D eigenvalue weighted by atomic mass is 10.1. The molecule has 2 N–H and O–H groups in total. The zero-order chi connectivity index (χ0) is 24.8. The van der Waals surface area contributed by atoms with Gasteiger partial charge in [0.05, 0.1) is 12.2 Å². The predicted octanol–water partition coefficient (Wildman–Crippen LogP) is 5.96. The Morgan fingerprint density at radius 1 is 1.00 bits per heavy atom. The van der Waals surface area contributed by atoms with Crippen LogP contribution in [0.3, 0.4) is 0 Å². The van der Waals surface area contributed by atoms with Crippen LogP contribution in [0.25, 0.3) is 0 Å². The van der Waals surface area contributed by atoms with Crippen molar-refractivity contribution in [2.75, 3.05) is 17.2 Å². The first-order valence-corrected chi connectivity index (χ1v) is 12.2. The van der Waals surface area contributed by atoms with Crippen molar-refractivity contribution in [3.05, 3.63) is 74.6 Å². The summed E-state index contributed by atoms with van der Waals surface area (Å²) in [6, 6.07) is 13.7. The van der Waals surface area contributed by atoms with Crippen molar-refractivity contribution in [1.29, 1.82) is 0 Å². The van der Waals surface area contributed by atoms with Gasteiger partial charge in [0.2, 0.25) is 0 Å². The molecule has 0 unspecified atom stereocenters. The summed E-state index contributed by atoms with van der Waals surface area (Å²) < 4.78 is 11.8. The molecule has 0 saturated heterocycles. The van der Waals surface area contributed by atoms with Gasteiger partial charge in [0.15, 0.2) is 6.10 Å². The summed E-state index contributed by atoms with van der Waals surface area (Å²) in [5, 5.41) is 6.05. The highest BCUT2D eigenvalue weighted by Crippen LogP contribution is 2.33. The maximum atomic E-state index is 12.8. The largest absolute Gasteiger partial charge is 0.481 e. The zero-order valence-electron chi connectivity index (χ0n) is 19.2. The fourth-order valence-electron chi connectivity index (χ4n) is 3.06. The SMILES string of the molecule is CCOC(=O)c1c(NC(=O)c2ccc(O[C@H](C)C(=O)Nc3ccc(Br)cc3)cc2)sc(C)c1C. The molecule has 34 heavy (non-hydrogen) atoms. The molecule has 1 heterocycles. The highest BCUT2D eigenvalue weighted by atomic mass is 79.9. The first-order valence-electron chi connectivity index (χ1n) is 10.6. The van der Waals surface area contributed by atoms with E-state index < -0.39 is 12.1 Å². The second-order valence-corrected chi connectivity index (χ2v) is 9.58. The molecule has 1 aromatic heterocycles. The maximum Gasteiger partial charge on any atom is 0.341 e. The molecule has 0 bridgehead atoms. The minimum atomic E-state index is -0.743. The Kier molecular flexibility index (Phi) is 8.46. The predicted molar refractivity (Wildman–Crippen MR) is 137 cm³/mol. The fourth-order valence-corrected chi connectivity index (χ4v) is 4.37. The highest BCUT2D eigenvalue weighted by Gasteiger charge is 2.22. The number of amides is 2. The van der Waals surface area contributed by atoms with Crippen molar-refractivity contribution >= 4 is 55.7 Å². The highest BCUT2D eigenvalue weighted by molar-refractivity contribution is 9.10. The Hall–Kier alpha value is -3.17. The average Bonchev–Trinajstić information content (AvgIpc) is 3.08. The summed E-state index contributed by atoms with van der Waals surface area (Å²) >= 11 is 4.68. The minimum Gasteiger partial charge on any atom is -0.481 e. The van der Waals surface area contributed by atoms with E-state index in [1.165, 1.54) is 11.3 Å². The van der Waals surface area contributed by atoms with Gasteiger partial charge in [-0.25, -0.2) is 4.79 Å². The van der Waals surface area contributed by atoms with Crippen molar-refractivity contribution in [3.8, 4) is 5.75 Å². The molecule has 1 atom stereocenters. The van der Waals surface area contributed by atoms with Gasteiger partial charge in [-0.3, -0.25) is 9.59 Å². The van der Waals surface area contributed by atoms with E-state index in [1.54, 1.807) is 50.2 Å². The molecule has 7 nitrogen and oxygen atoms in total. The van der Waals surface area contributed by atoms with Crippen LogP contribution >= 0.6 is 27.3 Å². The van der Waals surface area contributed by atoms with Gasteiger partial charge in [-0.1, -0.05) is 15.9 Å². The number of thiophene rings is 1. The third kappa shape index (κ3) is 6.24. The van der Waals surface area contributed by atoms with Gasteiger partial charge in [0.25, 0.3) is 11.8 Å². The summed E-state index contributed by atoms with van der Waals surface area (Å²) in [6.45, 7) is 7.35. The van der Waals surface area contributed by atoms with Crippen LogP contribution in [0.15, 0.2) is 53.0 Å². The molecule has 0 radical (unpaired) electrons. The second-order valence-electron chi connectivity index (χ2n) is 7.44. The quantitative estimate of drug-likeness (QED) is 0.341. The Morgan fingerprint density at radius 3 is 2.26 bits per heavy atom. The molecule has 0 aliphatic heterocycles. The van der Waals surface area contributed by atoms with Crippen LogP contribution in [0.5, 0.6) is 5.75 Å². The Bertz CT molecular complexity index is 1190. The third-order valence-electron chi connectivity index (χ3n) is 5.00. The Balaban J connectivity index is 1.63. The lowest BCUT2D eigenvalue weighted by molar-refractivity contribution is -0.122. The monoisotopic (exact) mass is 544 g/mol. The van der Waals surface area contributed by atoms with Gasteiger partial charge in [0, 0.05) is 20.6 Å². The molecule has 3 aromatic rings. The van der Waals surface area contributed by atoms with Crippen LogP contribution in [0.4, 0.5) is 10.7 Å². The number of ether oxygens (including phenoxy) is 2. The number of nitrogens with one attached hydrogen (secondary N) is 2. The lowest BCUT2D eigenvalue weighted by Gasteiger charge is -2.15. The molecule has 0 fully saturated rings. The maximum absolute atomic E-state index is 12.8. The molecule has 178 valence electrons. The molecule has 0 aliphatic carbocycles. The van der Waals surface area contributed by atoms with Crippen LogP contribution in [-0.4, -0.2) is 30.5 Å². The van der Waals surface area contributed by atoms with Crippen molar-refractivity contribution in [2.24, 2.45) is 0 Å². The van der Waals surface area contributed by atoms with Gasteiger partial charge < -0.3 is 20.1 Å². The smallest absolute Gasteiger partial charge is 0.341 e. The van der Waals surface area contributed by atoms with Crippen LogP contribution < -0.4 is 15.4 Å². The summed E-state index contributed by atoms with van der Waals surface area (Å²) in [7, 11) is 0. The normalized spacial score (nSPS) is 11.4. The second kappa shape index (κ2) is 11.3. The standard InChI is InChI=1S/C25H25BrN2O5S/c1-5-32-25(31)21-14(2)16(4)34-24(21)28-23(30)17-6-12-20(13-7-17)33-15(3)22(29)27-19-10-8-18(26)9-11-19/h6-13,15H,5H2,1-4H3,(H,27,29)(H,28,30)/t15-/m1/s1. The molecule has 0 aliphatic rings. The van der Waals surface area contributed by atoms with Gasteiger partial charge in [-0.05, 0) is 81.8 Å². The Labute approximate surface area is 210 Å². The van der Waals surface area contributed by atoms with Crippen molar-refractivity contribution in [2.45, 2.75) is 33.8 Å². The summed E-state index contributed by atoms with van der Waals surface area (Å²) in [5.74, 6) is -0.665. The number of esters is 1. The number of carbonyl (C=O) groups excluding carboxylic acids is 3. The third-order valence-corrected chi connectivity index (χ3v) is 6.65. The van der Waals surface area contributed by atoms with Crippen LogP contribution in [0.1, 0.15) is 45.0 Å². The molecule has 0 spiro atoms. The van der Waals surface area contributed by atoms with E-state index in [0.717, 1.165) is 14.9 Å². The first kappa shape index (κ1) is 25.5. The van der Waals surface area contributed by atoms with E-state index in [1.807, 2.05) is 26.0 Å². The summed E-state index contributed by atoms with van der Waals surface area (Å²) in [4.78, 5) is 38.4. The number of hydrogen-bond acceptors (Lipinski definition) is 6. The summed E-state index contributed by atoms with van der Waals surface area (Å²) in [6.07, 6.45) is -0.743. The molecular formula is C25H25BrN2O5S. The summed E-state index contributed by atoms with van der Waals surface area (Å²) in [5.41, 5.74) is 2.22. The van der Waals surface area contributed by atoms with Gasteiger partial charge in [0.1, 0.15) is 10.8 Å².